The van der Waals surface area contributed by atoms with Crippen LogP contribution in [0.4, 0.5) is 0 Å². The molecule has 0 saturated heterocycles. The van der Waals surface area contributed by atoms with Gasteiger partial charge in [-0.1, -0.05) is 66.4 Å². The standard InChI is InChI=1S/C26H27N3O2S/c1-31-17-7-16-27-25(30)22-14-12-20(13-15-22)18-29-24-11-6-5-10-23(24)28-26(29)32-19-21-8-3-2-4-9-21/h2-6,8-15H,7,16-19H2,1H3,(H,27,30). The van der Waals surface area contributed by atoms with Crippen LogP contribution in [0, 0.1) is 0 Å². The number of nitrogens with zero attached hydrogens (tertiary/aromatic N) is 2. The summed E-state index contributed by atoms with van der Waals surface area (Å²) in [5, 5.41) is 3.92. The summed E-state index contributed by atoms with van der Waals surface area (Å²) in [5.41, 5.74) is 5.18. The molecule has 0 aliphatic rings. The first-order valence-corrected chi connectivity index (χ1v) is 11.7. The Kier molecular flexibility index (Phi) is 7.59. The van der Waals surface area contributed by atoms with E-state index in [0.29, 0.717) is 25.3 Å². The number of nitrogens with one attached hydrogen (secondary N) is 1. The number of para-hydroxylation sites is 2. The van der Waals surface area contributed by atoms with Crippen molar-refractivity contribution in [2.24, 2.45) is 0 Å². The Bertz CT molecular complexity index is 1160. The van der Waals surface area contributed by atoms with Crippen molar-refractivity contribution in [1.29, 1.82) is 0 Å². The number of carbonyl (C=O) groups is 1. The van der Waals surface area contributed by atoms with E-state index in [9.17, 15) is 4.79 Å². The monoisotopic (exact) mass is 445 g/mol. The van der Waals surface area contributed by atoms with Crippen LogP contribution in [0.2, 0.25) is 0 Å². The number of fused-ring (bicyclic) bond motifs is 1. The predicted molar refractivity (Wildman–Crippen MR) is 130 cm³/mol. The zero-order valence-corrected chi connectivity index (χ0v) is 19.0. The van der Waals surface area contributed by atoms with Gasteiger partial charge in [0.1, 0.15) is 0 Å². The number of carbonyl (C=O) groups excluding carboxylic acids is 1. The van der Waals surface area contributed by atoms with Crippen molar-refractivity contribution in [3.05, 3.63) is 95.6 Å². The first-order valence-electron chi connectivity index (χ1n) is 10.7. The van der Waals surface area contributed by atoms with Crippen molar-refractivity contribution in [2.45, 2.75) is 23.9 Å². The molecule has 0 unspecified atom stereocenters. The smallest absolute Gasteiger partial charge is 0.251 e. The van der Waals surface area contributed by atoms with Crippen molar-refractivity contribution >= 4 is 28.7 Å². The molecule has 0 atom stereocenters. The first kappa shape index (κ1) is 22.1. The average Bonchev–Trinajstić information content (AvgIpc) is 3.19. The SMILES string of the molecule is COCCCNC(=O)c1ccc(Cn2c(SCc3ccccc3)nc3ccccc32)cc1. The van der Waals surface area contributed by atoms with Crippen LogP contribution in [0.15, 0.2) is 84.0 Å². The third kappa shape index (κ3) is 5.58. The normalized spacial score (nSPS) is 11.0. The maximum Gasteiger partial charge on any atom is 0.251 e. The number of methoxy groups -OCH3 is 1. The van der Waals surface area contributed by atoms with Crippen molar-refractivity contribution in [2.75, 3.05) is 20.3 Å². The molecule has 164 valence electrons. The molecule has 1 N–H and O–H groups in total. The second kappa shape index (κ2) is 11.0. The molecule has 6 heteroatoms. The van der Waals surface area contributed by atoms with Gasteiger partial charge in [0.15, 0.2) is 5.16 Å². The molecule has 1 heterocycles. The van der Waals surface area contributed by atoms with Crippen molar-refractivity contribution < 1.29 is 9.53 Å². The summed E-state index contributed by atoms with van der Waals surface area (Å²) < 4.78 is 7.27. The van der Waals surface area contributed by atoms with Gasteiger partial charge >= 0.3 is 0 Å². The van der Waals surface area contributed by atoms with E-state index in [4.69, 9.17) is 9.72 Å². The fourth-order valence-corrected chi connectivity index (χ4v) is 4.47. The zero-order valence-electron chi connectivity index (χ0n) is 18.2. The summed E-state index contributed by atoms with van der Waals surface area (Å²) in [5.74, 6) is 0.812. The van der Waals surface area contributed by atoms with Crippen LogP contribution in [0.25, 0.3) is 11.0 Å². The summed E-state index contributed by atoms with van der Waals surface area (Å²) in [7, 11) is 1.66. The number of imidazole rings is 1. The molecule has 3 aromatic carbocycles. The van der Waals surface area contributed by atoms with Gasteiger partial charge in [0, 0.05) is 31.6 Å². The molecule has 1 amide bonds. The van der Waals surface area contributed by atoms with Gasteiger partial charge < -0.3 is 14.6 Å². The van der Waals surface area contributed by atoms with E-state index in [1.807, 2.05) is 42.5 Å². The molecule has 0 bridgehead atoms. The molecule has 0 fully saturated rings. The van der Waals surface area contributed by atoms with Crippen molar-refractivity contribution in [3.63, 3.8) is 0 Å². The number of aromatic nitrogens is 2. The van der Waals surface area contributed by atoms with Crippen LogP contribution in [0.3, 0.4) is 0 Å². The van der Waals surface area contributed by atoms with E-state index in [0.717, 1.165) is 33.9 Å². The lowest BCUT2D eigenvalue weighted by molar-refractivity contribution is 0.0948. The minimum absolute atomic E-state index is 0.0557. The Balaban J connectivity index is 1.48. The molecule has 0 saturated carbocycles. The summed E-state index contributed by atoms with van der Waals surface area (Å²) >= 11 is 1.74. The lowest BCUT2D eigenvalue weighted by Gasteiger charge is -2.10. The van der Waals surface area contributed by atoms with E-state index in [2.05, 4.69) is 46.3 Å². The summed E-state index contributed by atoms with van der Waals surface area (Å²) in [4.78, 5) is 17.2. The van der Waals surface area contributed by atoms with Gasteiger partial charge in [-0.15, -0.1) is 0 Å². The molecule has 0 aliphatic carbocycles. The maximum atomic E-state index is 12.3. The lowest BCUT2D eigenvalue weighted by atomic mass is 10.1. The number of amides is 1. The third-order valence-corrected chi connectivity index (χ3v) is 6.25. The van der Waals surface area contributed by atoms with E-state index >= 15 is 0 Å². The van der Waals surface area contributed by atoms with E-state index in [-0.39, 0.29) is 5.91 Å². The highest BCUT2D eigenvalue weighted by Gasteiger charge is 2.12. The molecule has 32 heavy (non-hydrogen) atoms. The molecular formula is C26H27N3O2S. The quantitative estimate of drug-likeness (QED) is 0.271. The fourth-order valence-electron chi connectivity index (χ4n) is 3.50. The summed E-state index contributed by atoms with van der Waals surface area (Å²) in [6, 6.07) is 26.5. The van der Waals surface area contributed by atoms with Gasteiger partial charge in [-0.25, -0.2) is 4.98 Å². The van der Waals surface area contributed by atoms with Gasteiger partial charge in [0.2, 0.25) is 0 Å². The molecule has 0 aliphatic heterocycles. The Morgan fingerprint density at radius 2 is 1.72 bits per heavy atom. The van der Waals surface area contributed by atoms with Gasteiger partial charge in [0.05, 0.1) is 17.6 Å². The average molecular weight is 446 g/mol. The topological polar surface area (TPSA) is 56.1 Å². The Morgan fingerprint density at radius 1 is 0.969 bits per heavy atom. The Morgan fingerprint density at radius 3 is 2.50 bits per heavy atom. The van der Waals surface area contributed by atoms with E-state index in [1.54, 1.807) is 18.9 Å². The Hall–Kier alpha value is -3.09. The van der Waals surface area contributed by atoms with Crippen LogP contribution in [0.1, 0.15) is 27.9 Å². The lowest BCUT2D eigenvalue weighted by Crippen LogP contribution is -2.25. The minimum atomic E-state index is -0.0557. The molecule has 4 rings (SSSR count). The number of ether oxygens (including phenoxy) is 1. The number of hydrogen-bond donors (Lipinski definition) is 1. The fraction of sp³-hybridized carbons (Fsp3) is 0.231. The third-order valence-electron chi connectivity index (χ3n) is 5.20. The van der Waals surface area contributed by atoms with Crippen molar-refractivity contribution in [3.8, 4) is 0 Å². The van der Waals surface area contributed by atoms with Crippen LogP contribution < -0.4 is 5.32 Å². The predicted octanol–water partition coefficient (Wildman–Crippen LogP) is 5.14. The summed E-state index contributed by atoms with van der Waals surface area (Å²) in [6.45, 7) is 1.95. The number of benzene rings is 3. The highest BCUT2D eigenvalue weighted by atomic mass is 32.2. The number of rotatable bonds is 10. The molecular weight excluding hydrogens is 418 g/mol. The molecule has 1 aromatic heterocycles. The molecule has 0 spiro atoms. The van der Waals surface area contributed by atoms with Crippen LogP contribution in [0.5, 0.6) is 0 Å². The first-order chi connectivity index (χ1) is 15.7. The molecule has 4 aromatic rings. The number of thioether (sulfide) groups is 1. The molecule has 5 nitrogen and oxygen atoms in total. The van der Waals surface area contributed by atoms with Crippen molar-refractivity contribution in [1.82, 2.24) is 14.9 Å². The summed E-state index contributed by atoms with van der Waals surface area (Å²) in [6.07, 6.45) is 0.803. The van der Waals surface area contributed by atoms with Gasteiger partial charge in [-0.05, 0) is 41.8 Å². The highest BCUT2D eigenvalue weighted by molar-refractivity contribution is 7.98. The van der Waals surface area contributed by atoms with E-state index < -0.39 is 0 Å². The second-order valence-corrected chi connectivity index (χ2v) is 8.49. The second-order valence-electron chi connectivity index (χ2n) is 7.54. The maximum absolute atomic E-state index is 12.3. The number of hydrogen-bond acceptors (Lipinski definition) is 4. The van der Waals surface area contributed by atoms with Gasteiger partial charge in [-0.2, -0.15) is 0 Å². The van der Waals surface area contributed by atoms with Crippen LogP contribution >= 0.6 is 11.8 Å². The molecule has 0 radical (unpaired) electrons. The van der Waals surface area contributed by atoms with Gasteiger partial charge in [0.25, 0.3) is 5.91 Å². The Labute approximate surface area is 192 Å². The highest BCUT2D eigenvalue weighted by Crippen LogP contribution is 2.27. The zero-order chi connectivity index (χ0) is 22.2. The van der Waals surface area contributed by atoms with Gasteiger partial charge in [-0.3, -0.25) is 4.79 Å². The van der Waals surface area contributed by atoms with Crippen LogP contribution in [-0.4, -0.2) is 35.7 Å². The largest absolute Gasteiger partial charge is 0.385 e. The van der Waals surface area contributed by atoms with E-state index in [1.165, 1.54) is 5.56 Å². The van der Waals surface area contributed by atoms with Crippen LogP contribution in [-0.2, 0) is 17.0 Å². The minimum Gasteiger partial charge on any atom is -0.385 e.